The highest BCUT2D eigenvalue weighted by Gasteiger charge is 2.15. The number of hydrogen-bond acceptors (Lipinski definition) is 6. The zero-order valence-corrected chi connectivity index (χ0v) is 18.6. The van der Waals surface area contributed by atoms with Gasteiger partial charge in [0.2, 0.25) is 4.80 Å². The molecule has 1 unspecified atom stereocenters. The Labute approximate surface area is 189 Å². The van der Waals surface area contributed by atoms with Crippen LogP contribution in [0.1, 0.15) is 28.8 Å². The molecule has 0 amide bonds. The van der Waals surface area contributed by atoms with Crippen molar-refractivity contribution in [3.8, 4) is 11.3 Å². The van der Waals surface area contributed by atoms with Gasteiger partial charge >= 0.3 is 5.97 Å². The van der Waals surface area contributed by atoms with Gasteiger partial charge in [-0.05, 0) is 42.7 Å². The SMILES string of the molecule is COC(=O)c1ccc(C=Nn2c(-c3ccc(Cl)cc3)csc2=NCC2CCCO2)cc1. The number of methoxy groups -OCH3 is 1. The minimum absolute atomic E-state index is 0.171. The van der Waals surface area contributed by atoms with Crippen molar-refractivity contribution in [2.45, 2.75) is 18.9 Å². The first-order chi connectivity index (χ1) is 15.1. The van der Waals surface area contributed by atoms with E-state index in [4.69, 9.17) is 31.2 Å². The van der Waals surface area contributed by atoms with Crippen LogP contribution in [0.2, 0.25) is 5.02 Å². The van der Waals surface area contributed by atoms with Crippen molar-refractivity contribution in [3.05, 3.63) is 74.9 Å². The van der Waals surface area contributed by atoms with Crippen molar-refractivity contribution < 1.29 is 14.3 Å². The summed E-state index contributed by atoms with van der Waals surface area (Å²) < 4.78 is 12.3. The Balaban J connectivity index is 1.66. The molecule has 160 valence electrons. The van der Waals surface area contributed by atoms with Gasteiger partial charge in [0.15, 0.2) is 0 Å². The molecule has 3 aromatic rings. The van der Waals surface area contributed by atoms with E-state index in [0.717, 1.165) is 41.1 Å². The number of thiazole rings is 1. The summed E-state index contributed by atoms with van der Waals surface area (Å²) in [7, 11) is 1.37. The van der Waals surface area contributed by atoms with E-state index >= 15 is 0 Å². The molecule has 1 aliphatic heterocycles. The third kappa shape index (κ3) is 5.31. The van der Waals surface area contributed by atoms with E-state index in [9.17, 15) is 4.79 Å². The van der Waals surface area contributed by atoms with Gasteiger partial charge in [0.25, 0.3) is 0 Å². The molecule has 1 aromatic heterocycles. The number of rotatable bonds is 6. The normalized spacial score (nSPS) is 16.8. The number of carbonyl (C=O) groups excluding carboxylic acids is 1. The number of hydrogen-bond donors (Lipinski definition) is 0. The fourth-order valence-corrected chi connectivity index (χ4v) is 4.23. The molecule has 0 bridgehead atoms. The van der Waals surface area contributed by atoms with Crippen LogP contribution in [-0.4, -0.2) is 43.2 Å². The summed E-state index contributed by atoms with van der Waals surface area (Å²) in [6.45, 7) is 1.42. The second-order valence-electron chi connectivity index (χ2n) is 7.06. The molecule has 0 N–H and O–H groups in total. The lowest BCUT2D eigenvalue weighted by molar-refractivity contribution is 0.0600. The van der Waals surface area contributed by atoms with Gasteiger partial charge in [-0.1, -0.05) is 35.9 Å². The van der Waals surface area contributed by atoms with Gasteiger partial charge in [-0.25, -0.2) is 9.47 Å². The molecule has 31 heavy (non-hydrogen) atoms. The summed E-state index contributed by atoms with van der Waals surface area (Å²) in [6.07, 6.45) is 4.04. The molecule has 0 radical (unpaired) electrons. The number of esters is 1. The number of halogens is 1. The highest BCUT2D eigenvalue weighted by atomic mass is 35.5. The first-order valence-corrected chi connectivity index (χ1v) is 11.2. The lowest BCUT2D eigenvalue weighted by Gasteiger charge is -2.06. The van der Waals surface area contributed by atoms with Gasteiger partial charge in [-0.2, -0.15) is 5.10 Å². The van der Waals surface area contributed by atoms with Crippen molar-refractivity contribution in [3.63, 3.8) is 0 Å². The Morgan fingerprint density at radius 3 is 2.71 bits per heavy atom. The minimum atomic E-state index is -0.365. The van der Waals surface area contributed by atoms with Gasteiger partial charge in [-0.15, -0.1) is 11.3 Å². The molecule has 6 nitrogen and oxygen atoms in total. The van der Waals surface area contributed by atoms with Crippen LogP contribution in [-0.2, 0) is 9.47 Å². The molecule has 8 heteroatoms. The summed E-state index contributed by atoms with van der Waals surface area (Å²) in [6, 6.07) is 14.7. The fourth-order valence-electron chi connectivity index (χ4n) is 3.25. The predicted molar refractivity (Wildman–Crippen MR) is 123 cm³/mol. The van der Waals surface area contributed by atoms with Gasteiger partial charge in [0.1, 0.15) is 0 Å². The molecule has 1 fully saturated rings. The van der Waals surface area contributed by atoms with E-state index in [-0.39, 0.29) is 12.1 Å². The van der Waals surface area contributed by atoms with Gasteiger partial charge in [0.05, 0.1) is 37.2 Å². The van der Waals surface area contributed by atoms with E-state index < -0.39 is 0 Å². The Kier molecular flexibility index (Phi) is 6.96. The van der Waals surface area contributed by atoms with Crippen LogP contribution < -0.4 is 4.80 Å². The van der Waals surface area contributed by atoms with Crippen LogP contribution in [0.4, 0.5) is 0 Å². The first-order valence-electron chi connectivity index (χ1n) is 9.95. The number of ether oxygens (including phenoxy) is 2. The maximum absolute atomic E-state index is 11.6. The number of aromatic nitrogens is 1. The third-order valence-electron chi connectivity index (χ3n) is 4.93. The van der Waals surface area contributed by atoms with Crippen LogP contribution in [0, 0.1) is 0 Å². The third-order valence-corrected chi connectivity index (χ3v) is 6.04. The van der Waals surface area contributed by atoms with Crippen molar-refractivity contribution in [2.75, 3.05) is 20.3 Å². The molecule has 2 heterocycles. The lowest BCUT2D eigenvalue weighted by atomic mass is 10.1. The van der Waals surface area contributed by atoms with Crippen LogP contribution in [0.25, 0.3) is 11.3 Å². The second kappa shape index (κ2) is 10.0. The van der Waals surface area contributed by atoms with Crippen LogP contribution in [0.15, 0.2) is 64.0 Å². The maximum atomic E-state index is 11.6. The van der Waals surface area contributed by atoms with Crippen LogP contribution in [0.5, 0.6) is 0 Å². The molecule has 4 rings (SSSR count). The van der Waals surface area contributed by atoms with E-state index in [1.165, 1.54) is 18.4 Å². The number of benzene rings is 2. The average molecular weight is 456 g/mol. The maximum Gasteiger partial charge on any atom is 0.337 e. The van der Waals surface area contributed by atoms with Crippen LogP contribution >= 0.6 is 22.9 Å². The molecule has 0 spiro atoms. The van der Waals surface area contributed by atoms with Crippen molar-refractivity contribution in [2.24, 2.45) is 10.1 Å². The topological polar surface area (TPSA) is 65.2 Å². The molecule has 2 aromatic carbocycles. The van der Waals surface area contributed by atoms with E-state index in [2.05, 4.69) is 0 Å². The zero-order valence-electron chi connectivity index (χ0n) is 17.0. The molecular weight excluding hydrogens is 434 g/mol. The molecule has 1 aliphatic rings. The van der Waals surface area contributed by atoms with E-state index in [0.29, 0.717) is 17.1 Å². The highest BCUT2D eigenvalue weighted by molar-refractivity contribution is 7.07. The lowest BCUT2D eigenvalue weighted by Crippen LogP contribution is -2.17. The Bertz CT molecular complexity index is 1130. The quantitative estimate of drug-likeness (QED) is 0.402. The standard InChI is InChI=1S/C23H22ClN3O3S/c1-29-22(28)18-6-4-16(5-7-18)13-26-27-21(17-8-10-19(24)11-9-17)15-31-23(27)25-14-20-3-2-12-30-20/h4-11,13,15,20H,2-3,12,14H2,1H3. The van der Waals surface area contributed by atoms with Gasteiger partial charge in [-0.3, -0.25) is 4.99 Å². The van der Waals surface area contributed by atoms with Crippen LogP contribution in [0.3, 0.4) is 0 Å². The number of carbonyl (C=O) groups is 1. The van der Waals surface area contributed by atoms with Crippen molar-refractivity contribution in [1.29, 1.82) is 0 Å². The monoisotopic (exact) mass is 455 g/mol. The average Bonchev–Trinajstić information content (AvgIpc) is 3.46. The van der Waals surface area contributed by atoms with Crippen molar-refractivity contribution >= 4 is 35.1 Å². The first kappa shape index (κ1) is 21.5. The van der Waals surface area contributed by atoms with E-state index in [1.807, 2.05) is 46.5 Å². The molecule has 0 saturated carbocycles. The second-order valence-corrected chi connectivity index (χ2v) is 8.33. The van der Waals surface area contributed by atoms with Crippen molar-refractivity contribution in [1.82, 2.24) is 4.68 Å². The van der Waals surface area contributed by atoms with E-state index in [1.54, 1.807) is 18.3 Å². The molecule has 1 saturated heterocycles. The summed E-state index contributed by atoms with van der Waals surface area (Å²) in [5, 5.41) is 7.41. The summed E-state index contributed by atoms with van der Waals surface area (Å²) in [5.41, 5.74) is 3.28. The fraction of sp³-hybridized carbons (Fsp3) is 0.261. The Hall–Kier alpha value is -2.74. The zero-order chi connectivity index (χ0) is 21.6. The molecule has 1 atom stereocenters. The Morgan fingerprint density at radius 1 is 1.26 bits per heavy atom. The molecule has 0 aliphatic carbocycles. The minimum Gasteiger partial charge on any atom is -0.465 e. The summed E-state index contributed by atoms with van der Waals surface area (Å²) in [5.74, 6) is -0.365. The Morgan fingerprint density at radius 2 is 2.03 bits per heavy atom. The largest absolute Gasteiger partial charge is 0.465 e. The highest BCUT2D eigenvalue weighted by Crippen LogP contribution is 2.22. The smallest absolute Gasteiger partial charge is 0.337 e. The summed E-state index contributed by atoms with van der Waals surface area (Å²) in [4.78, 5) is 17.2. The summed E-state index contributed by atoms with van der Waals surface area (Å²) >= 11 is 7.59. The van der Waals surface area contributed by atoms with Gasteiger partial charge < -0.3 is 9.47 Å². The number of nitrogens with zero attached hydrogens (tertiary/aromatic N) is 3. The predicted octanol–water partition coefficient (Wildman–Crippen LogP) is 4.62. The van der Waals surface area contributed by atoms with Gasteiger partial charge in [0, 0.05) is 22.6 Å². The molecular formula is C23H22ClN3O3S.